The van der Waals surface area contributed by atoms with Crippen LogP contribution < -0.4 is 5.73 Å². The van der Waals surface area contributed by atoms with Gasteiger partial charge in [0.15, 0.2) is 0 Å². The smallest absolute Gasteiger partial charge is 0.0106 e. The monoisotopic (exact) mass is 109 g/mol. The molecule has 3 heteroatoms. The van der Waals surface area contributed by atoms with Gasteiger partial charge in [-0.1, -0.05) is 18.7 Å². The van der Waals surface area contributed by atoms with Crippen molar-refractivity contribution in [3.63, 3.8) is 0 Å². The summed E-state index contributed by atoms with van der Waals surface area (Å²) < 4.78 is 0. The topological polar surface area (TPSA) is 26.0 Å². The van der Waals surface area contributed by atoms with Crippen LogP contribution in [0.4, 0.5) is 0 Å². The molecule has 0 aromatic rings. The molecule has 0 aliphatic rings. The average Bonchev–Trinajstić information content (AvgIpc) is 1.46. The molecule has 0 aromatic carbocycles. The number of hydrogen-bond acceptors (Lipinski definition) is 2. The molecule has 0 fully saturated rings. The summed E-state index contributed by atoms with van der Waals surface area (Å²) in [7, 11) is 2.56. The van der Waals surface area contributed by atoms with Crippen LogP contribution in [0, 0.1) is 0 Å². The van der Waals surface area contributed by atoms with Crippen molar-refractivity contribution in [2.75, 3.05) is 6.54 Å². The van der Waals surface area contributed by atoms with Crippen molar-refractivity contribution in [1.29, 1.82) is 0 Å². The van der Waals surface area contributed by atoms with E-state index in [1.165, 1.54) is 0 Å². The van der Waals surface area contributed by atoms with Crippen molar-refractivity contribution < 1.29 is 0 Å². The van der Waals surface area contributed by atoms with Gasteiger partial charge in [-0.3, -0.25) is 0 Å². The Bertz CT molecular complexity index is 13.6. The summed E-state index contributed by atoms with van der Waals surface area (Å²) in [5.41, 5.74) is 4.85. The first-order chi connectivity index (χ1) is 2.41. The highest BCUT2D eigenvalue weighted by Crippen LogP contribution is 1.26. The summed E-state index contributed by atoms with van der Waals surface area (Å²) in [6.45, 7) is 2.65. The summed E-state index contributed by atoms with van der Waals surface area (Å²) in [6.07, 6.45) is 0. The van der Waals surface area contributed by atoms with Crippen molar-refractivity contribution in [1.82, 2.24) is 0 Å². The fourth-order valence-corrected chi connectivity index (χ4v) is 0. The maximum absolute atomic E-state index is 4.85. The zero-order valence-electron chi connectivity index (χ0n) is 3.19. The second-order valence-corrected chi connectivity index (χ2v) is 0.408. The van der Waals surface area contributed by atoms with Gasteiger partial charge in [-0.25, -0.2) is 0 Å². The summed E-state index contributed by atoms with van der Waals surface area (Å²) >= 11 is 3.89. The Morgan fingerprint density at radius 2 is 1.80 bits per heavy atom. The number of rotatable bonds is 0. The lowest BCUT2D eigenvalue weighted by Crippen LogP contribution is -1.87. The van der Waals surface area contributed by atoms with E-state index in [1.54, 1.807) is 0 Å². The second-order valence-electron chi connectivity index (χ2n) is 0.408. The molecule has 0 rings (SSSR count). The van der Waals surface area contributed by atoms with E-state index in [-0.39, 0.29) is 0 Å². The van der Waals surface area contributed by atoms with E-state index in [0.717, 1.165) is 6.54 Å². The van der Waals surface area contributed by atoms with Crippen LogP contribution in [0.2, 0.25) is 0 Å². The van der Waals surface area contributed by atoms with Gasteiger partial charge in [0.1, 0.15) is 0 Å². The van der Waals surface area contributed by atoms with E-state index < -0.39 is 0 Å². The molecule has 32 valence electrons. The minimum absolute atomic E-state index is 0.750. The predicted octanol–water partition coefficient (Wildman–Crippen LogP) is 0.556. The minimum atomic E-state index is 0.750. The average molecular weight is 109 g/mol. The van der Waals surface area contributed by atoms with Crippen molar-refractivity contribution >= 4 is 19.8 Å². The van der Waals surface area contributed by atoms with Crippen LogP contribution in [-0.2, 0) is 11.8 Å². The summed E-state index contributed by atoms with van der Waals surface area (Å²) in [4.78, 5) is 0. The molecule has 0 atom stereocenters. The van der Waals surface area contributed by atoms with Gasteiger partial charge in [-0.05, 0) is 14.6 Å². The highest BCUT2D eigenvalue weighted by molar-refractivity contribution is 7.88. The van der Waals surface area contributed by atoms with E-state index in [0.29, 0.717) is 0 Å². The van der Waals surface area contributed by atoms with Crippen LogP contribution >= 0.6 is 8.02 Å². The van der Waals surface area contributed by atoms with Crippen LogP contribution in [-0.4, -0.2) is 6.54 Å². The van der Waals surface area contributed by atoms with Gasteiger partial charge in [0.25, 0.3) is 0 Å². The van der Waals surface area contributed by atoms with Crippen LogP contribution in [0.1, 0.15) is 6.92 Å². The van der Waals surface area contributed by atoms with Crippen LogP contribution in [0.15, 0.2) is 0 Å². The van der Waals surface area contributed by atoms with Crippen LogP contribution in [0.5, 0.6) is 0 Å². The van der Waals surface area contributed by atoms with Gasteiger partial charge in [0.05, 0.1) is 0 Å². The maximum Gasteiger partial charge on any atom is -0.0106 e. The quantitative estimate of drug-likeness (QED) is 0.460. The molecule has 0 amide bonds. The van der Waals surface area contributed by atoms with Crippen molar-refractivity contribution in [2.24, 2.45) is 5.73 Å². The fraction of sp³-hybridized carbons (Fsp3) is 1.00. The molecule has 0 heterocycles. The molecule has 0 unspecified atom stereocenters. The molecular weight excluding hydrogens is 101 g/mol. The Morgan fingerprint density at radius 3 is 1.80 bits per heavy atom. The molecule has 0 spiro atoms. The highest BCUT2D eigenvalue weighted by Gasteiger charge is 1.32. The lowest BCUT2D eigenvalue weighted by molar-refractivity contribution is 1.14. The Morgan fingerprint density at radius 1 is 1.80 bits per heavy atom. The third kappa shape index (κ3) is 120. The van der Waals surface area contributed by atoms with E-state index in [2.05, 4.69) is 19.8 Å². The number of hydrogen-bond donors (Lipinski definition) is 1. The Balaban J connectivity index is 0. The largest absolute Gasteiger partial charge is 0.331 e. The molecule has 1 nitrogen and oxygen atoms in total. The molecule has 0 aliphatic heterocycles. The normalized spacial score (nSPS) is 4.40. The van der Waals surface area contributed by atoms with Gasteiger partial charge in [-0.15, -0.1) is 0 Å². The SMILES string of the molecule is CCN.P=S. The molecule has 0 aliphatic carbocycles. The summed E-state index contributed by atoms with van der Waals surface area (Å²) in [5, 5.41) is 0. The Labute approximate surface area is 39.8 Å². The fourth-order valence-electron chi connectivity index (χ4n) is 0. The van der Waals surface area contributed by atoms with E-state index in [1.807, 2.05) is 6.92 Å². The van der Waals surface area contributed by atoms with Gasteiger partial charge in [-0.2, -0.15) is 0 Å². The van der Waals surface area contributed by atoms with Gasteiger partial charge >= 0.3 is 0 Å². The Hall–Kier alpha value is 0.480. The Kier molecular flexibility index (Phi) is 45.0. The first-order valence-electron chi connectivity index (χ1n) is 1.32. The van der Waals surface area contributed by atoms with E-state index in [4.69, 9.17) is 5.73 Å². The van der Waals surface area contributed by atoms with Crippen molar-refractivity contribution in [2.45, 2.75) is 6.92 Å². The minimum Gasteiger partial charge on any atom is -0.331 e. The van der Waals surface area contributed by atoms with Gasteiger partial charge in [0.2, 0.25) is 0 Å². The zero-order chi connectivity index (χ0) is 4.71. The molecule has 5 heavy (non-hydrogen) atoms. The van der Waals surface area contributed by atoms with E-state index in [9.17, 15) is 0 Å². The third-order valence-electron chi connectivity index (χ3n) is 0. The lowest BCUT2D eigenvalue weighted by atomic mass is 10.8. The molecule has 0 radical (unpaired) electrons. The second kappa shape index (κ2) is 24.8. The zero-order valence-corrected chi connectivity index (χ0v) is 5.01. The van der Waals surface area contributed by atoms with Crippen LogP contribution in [0.25, 0.3) is 0 Å². The molecule has 2 N–H and O–H groups in total. The predicted molar refractivity (Wildman–Crippen MR) is 30.4 cm³/mol. The molecule has 0 saturated heterocycles. The van der Waals surface area contributed by atoms with Crippen molar-refractivity contribution in [3.05, 3.63) is 0 Å². The lowest BCUT2D eigenvalue weighted by Gasteiger charge is -1.53. The number of nitrogens with two attached hydrogens (primary N) is 1. The summed E-state index contributed by atoms with van der Waals surface area (Å²) in [6, 6.07) is 0. The van der Waals surface area contributed by atoms with Crippen LogP contribution in [0.3, 0.4) is 0 Å². The summed E-state index contributed by atoms with van der Waals surface area (Å²) in [5.74, 6) is 0. The molecule has 0 aromatic heterocycles. The molecular formula is C2H8NPS. The van der Waals surface area contributed by atoms with Gasteiger partial charge < -0.3 is 5.73 Å². The molecule has 0 bridgehead atoms. The third-order valence-corrected chi connectivity index (χ3v) is 0. The maximum atomic E-state index is 4.85. The standard InChI is InChI=1S/C2H7N.HPS/c1-2-3;1-2/h2-3H2,1H3;1H. The van der Waals surface area contributed by atoms with E-state index >= 15 is 0 Å². The highest BCUT2D eigenvalue weighted by atomic mass is 32.4. The first-order valence-corrected chi connectivity index (χ1v) is 2.95. The first kappa shape index (κ1) is 9.08. The molecule has 0 saturated carbocycles. The van der Waals surface area contributed by atoms with Gasteiger partial charge in [0, 0.05) is 0 Å². The van der Waals surface area contributed by atoms with Crippen molar-refractivity contribution in [3.8, 4) is 0 Å².